The third-order valence-electron chi connectivity index (χ3n) is 2.62. The quantitative estimate of drug-likeness (QED) is 0.787. The van der Waals surface area contributed by atoms with E-state index in [-0.39, 0.29) is 5.38 Å². The van der Waals surface area contributed by atoms with Gasteiger partial charge in [0.1, 0.15) is 5.69 Å². The number of alkyl halides is 1. The summed E-state index contributed by atoms with van der Waals surface area (Å²) in [5, 5.41) is 9.20. The van der Waals surface area contributed by atoms with Crippen LogP contribution in [0.15, 0.2) is 24.4 Å². The Hall–Kier alpha value is -0.770. The maximum atomic E-state index is 6.10. The fourth-order valence-corrected chi connectivity index (χ4v) is 2.21. The van der Waals surface area contributed by atoms with Gasteiger partial charge >= 0.3 is 0 Å². The third-order valence-corrected chi connectivity index (χ3v) is 3.86. The van der Waals surface area contributed by atoms with Gasteiger partial charge in [0.05, 0.1) is 18.1 Å². The van der Waals surface area contributed by atoms with E-state index in [0.717, 1.165) is 17.7 Å². The molecule has 6 heteroatoms. The van der Waals surface area contributed by atoms with Crippen molar-refractivity contribution in [2.75, 3.05) is 0 Å². The molecule has 0 amide bonds. The molecule has 1 heterocycles. The summed E-state index contributed by atoms with van der Waals surface area (Å²) < 4.78 is 1.69. The normalized spacial score (nSPS) is 12.7. The molecule has 0 saturated carbocycles. The standard InChI is InChI=1S/C12H12Cl3N3/c1-2-9(13)12-7-18(17-16-12)6-8-10(14)4-3-5-11(8)15/h3-5,7,9H,2,6H2,1H3. The van der Waals surface area contributed by atoms with Gasteiger partial charge < -0.3 is 0 Å². The van der Waals surface area contributed by atoms with Gasteiger partial charge in [-0.25, -0.2) is 4.68 Å². The Morgan fingerprint density at radius 1 is 1.28 bits per heavy atom. The Morgan fingerprint density at radius 2 is 1.94 bits per heavy atom. The van der Waals surface area contributed by atoms with Crippen LogP contribution in [0.5, 0.6) is 0 Å². The van der Waals surface area contributed by atoms with Gasteiger partial charge in [-0.15, -0.1) is 16.7 Å². The van der Waals surface area contributed by atoms with E-state index in [4.69, 9.17) is 34.8 Å². The van der Waals surface area contributed by atoms with Gasteiger partial charge in [-0.2, -0.15) is 0 Å². The predicted molar refractivity (Wildman–Crippen MR) is 74.5 cm³/mol. The van der Waals surface area contributed by atoms with Gasteiger partial charge in [0.25, 0.3) is 0 Å². The molecule has 96 valence electrons. The molecule has 1 aromatic carbocycles. The molecule has 0 fully saturated rings. The molecule has 3 nitrogen and oxygen atoms in total. The minimum Gasteiger partial charge on any atom is -0.248 e. The molecule has 18 heavy (non-hydrogen) atoms. The van der Waals surface area contributed by atoms with Crippen molar-refractivity contribution in [1.29, 1.82) is 0 Å². The van der Waals surface area contributed by atoms with Crippen LogP contribution in [0.4, 0.5) is 0 Å². The molecule has 2 aromatic rings. The van der Waals surface area contributed by atoms with Crippen molar-refractivity contribution in [2.24, 2.45) is 0 Å². The second kappa shape index (κ2) is 5.91. The molecule has 0 radical (unpaired) electrons. The van der Waals surface area contributed by atoms with Gasteiger partial charge in [0, 0.05) is 15.6 Å². The van der Waals surface area contributed by atoms with Crippen molar-refractivity contribution in [3.63, 3.8) is 0 Å². The van der Waals surface area contributed by atoms with Crippen LogP contribution in [-0.2, 0) is 6.54 Å². The van der Waals surface area contributed by atoms with E-state index in [1.54, 1.807) is 16.8 Å². The summed E-state index contributed by atoms with van der Waals surface area (Å²) in [6.45, 7) is 2.49. The molecule has 0 aliphatic heterocycles. The first kappa shape index (κ1) is 13.7. The molecule has 1 aromatic heterocycles. The molecule has 0 N–H and O–H groups in total. The summed E-state index contributed by atoms with van der Waals surface area (Å²) in [5.74, 6) is 0. The summed E-state index contributed by atoms with van der Waals surface area (Å²) in [4.78, 5) is 0. The number of rotatable bonds is 4. The summed E-state index contributed by atoms with van der Waals surface area (Å²) in [6.07, 6.45) is 2.63. The van der Waals surface area contributed by atoms with Gasteiger partial charge in [-0.3, -0.25) is 0 Å². The lowest BCUT2D eigenvalue weighted by Gasteiger charge is -2.06. The number of halogens is 3. The van der Waals surface area contributed by atoms with Gasteiger partial charge in [-0.05, 0) is 18.6 Å². The summed E-state index contributed by atoms with van der Waals surface area (Å²) >= 11 is 18.3. The smallest absolute Gasteiger partial charge is 0.101 e. The lowest BCUT2D eigenvalue weighted by atomic mass is 10.2. The SMILES string of the molecule is CCC(Cl)c1cn(Cc2c(Cl)cccc2Cl)nn1. The van der Waals surface area contributed by atoms with Crippen LogP contribution >= 0.6 is 34.8 Å². The number of hydrogen-bond donors (Lipinski definition) is 0. The number of aromatic nitrogens is 3. The number of nitrogens with zero attached hydrogens (tertiary/aromatic N) is 3. The molecular weight excluding hydrogens is 293 g/mol. The maximum absolute atomic E-state index is 6.10. The second-order valence-electron chi connectivity index (χ2n) is 3.92. The first-order chi connectivity index (χ1) is 8.61. The Morgan fingerprint density at radius 3 is 2.56 bits per heavy atom. The zero-order chi connectivity index (χ0) is 13.1. The molecule has 0 saturated heterocycles. The second-order valence-corrected chi connectivity index (χ2v) is 5.26. The fourth-order valence-electron chi connectivity index (χ4n) is 1.59. The number of benzene rings is 1. The molecule has 0 spiro atoms. The summed E-state index contributed by atoms with van der Waals surface area (Å²) in [5.41, 5.74) is 1.60. The van der Waals surface area contributed by atoms with Crippen LogP contribution in [0.3, 0.4) is 0 Å². The molecule has 0 bridgehead atoms. The van der Waals surface area contributed by atoms with Crippen molar-refractivity contribution < 1.29 is 0 Å². The highest BCUT2D eigenvalue weighted by Crippen LogP contribution is 2.26. The van der Waals surface area contributed by atoms with Crippen molar-refractivity contribution in [2.45, 2.75) is 25.3 Å². The van der Waals surface area contributed by atoms with Crippen molar-refractivity contribution >= 4 is 34.8 Å². The van der Waals surface area contributed by atoms with Crippen LogP contribution in [-0.4, -0.2) is 15.0 Å². The summed E-state index contributed by atoms with van der Waals surface area (Å²) in [7, 11) is 0. The molecule has 2 rings (SSSR count). The monoisotopic (exact) mass is 303 g/mol. The van der Waals surface area contributed by atoms with E-state index >= 15 is 0 Å². The van der Waals surface area contributed by atoms with Gasteiger partial charge in [0.15, 0.2) is 0 Å². The topological polar surface area (TPSA) is 30.7 Å². The molecule has 1 unspecified atom stereocenters. The first-order valence-corrected chi connectivity index (χ1v) is 6.78. The van der Waals surface area contributed by atoms with E-state index in [1.807, 2.05) is 19.2 Å². The molecular formula is C12H12Cl3N3. The highest BCUT2D eigenvalue weighted by Gasteiger charge is 2.12. The highest BCUT2D eigenvalue weighted by molar-refractivity contribution is 6.35. The Labute approximate surface area is 121 Å². The zero-order valence-corrected chi connectivity index (χ0v) is 12.0. The Kier molecular flexibility index (Phi) is 4.49. The van der Waals surface area contributed by atoms with E-state index in [2.05, 4.69) is 10.3 Å². The Bertz CT molecular complexity index is 519. The molecule has 0 aliphatic rings. The minimum atomic E-state index is -0.111. The van der Waals surface area contributed by atoms with Crippen LogP contribution in [0, 0.1) is 0 Å². The maximum Gasteiger partial charge on any atom is 0.101 e. The largest absolute Gasteiger partial charge is 0.248 e. The average Bonchev–Trinajstić information content (AvgIpc) is 2.81. The van der Waals surface area contributed by atoms with Crippen molar-refractivity contribution in [1.82, 2.24) is 15.0 Å². The first-order valence-electron chi connectivity index (χ1n) is 5.58. The van der Waals surface area contributed by atoms with E-state index < -0.39 is 0 Å². The van der Waals surface area contributed by atoms with Crippen LogP contribution in [0.25, 0.3) is 0 Å². The Balaban J connectivity index is 2.21. The van der Waals surface area contributed by atoms with Crippen molar-refractivity contribution in [3.05, 3.63) is 45.7 Å². The van der Waals surface area contributed by atoms with E-state index in [1.165, 1.54) is 0 Å². The molecule has 1 atom stereocenters. The highest BCUT2D eigenvalue weighted by atomic mass is 35.5. The van der Waals surface area contributed by atoms with Crippen LogP contribution < -0.4 is 0 Å². The van der Waals surface area contributed by atoms with E-state index in [9.17, 15) is 0 Å². The fraction of sp³-hybridized carbons (Fsp3) is 0.333. The van der Waals surface area contributed by atoms with Crippen molar-refractivity contribution in [3.8, 4) is 0 Å². The lowest BCUT2D eigenvalue weighted by Crippen LogP contribution is -2.01. The number of hydrogen-bond acceptors (Lipinski definition) is 2. The lowest BCUT2D eigenvalue weighted by molar-refractivity contribution is 0.649. The zero-order valence-electron chi connectivity index (χ0n) is 9.78. The van der Waals surface area contributed by atoms with Crippen LogP contribution in [0.2, 0.25) is 10.0 Å². The minimum absolute atomic E-state index is 0.111. The predicted octanol–water partition coefficient (Wildman–Crippen LogP) is 4.32. The van der Waals surface area contributed by atoms with Crippen LogP contribution in [0.1, 0.15) is 30.0 Å². The van der Waals surface area contributed by atoms with Gasteiger partial charge in [-0.1, -0.05) is 41.4 Å². The average molecular weight is 305 g/mol. The molecule has 0 aliphatic carbocycles. The third kappa shape index (κ3) is 2.97. The van der Waals surface area contributed by atoms with Gasteiger partial charge in [0.2, 0.25) is 0 Å². The van der Waals surface area contributed by atoms with E-state index in [0.29, 0.717) is 16.6 Å². The summed E-state index contributed by atoms with van der Waals surface area (Å²) in [6, 6.07) is 5.42.